The van der Waals surface area contributed by atoms with Gasteiger partial charge >= 0.3 is 5.97 Å². The summed E-state index contributed by atoms with van der Waals surface area (Å²) in [5.74, 6) is 2.04. The van der Waals surface area contributed by atoms with Crippen LogP contribution in [0.15, 0.2) is 18.2 Å². The van der Waals surface area contributed by atoms with Crippen LogP contribution in [0.5, 0.6) is 0 Å². The highest BCUT2D eigenvalue weighted by atomic mass is 16.5. The first-order valence-corrected chi connectivity index (χ1v) is 4.65. The van der Waals surface area contributed by atoms with E-state index in [0.717, 1.165) is 12.2 Å². The SMILES string of the molecule is C#Cc1ccc(NCC)cc1C(=O)OC. The number of carbonyl (C=O) groups is 1. The lowest BCUT2D eigenvalue weighted by Gasteiger charge is -2.07. The summed E-state index contributed by atoms with van der Waals surface area (Å²) in [6.45, 7) is 2.77. The van der Waals surface area contributed by atoms with E-state index in [1.807, 2.05) is 13.0 Å². The Hall–Kier alpha value is -1.95. The molecule has 0 atom stereocenters. The molecule has 0 radical (unpaired) electrons. The van der Waals surface area contributed by atoms with E-state index < -0.39 is 5.97 Å². The molecule has 0 amide bonds. The average Bonchev–Trinajstić information content (AvgIpc) is 2.28. The van der Waals surface area contributed by atoms with Crippen LogP contribution in [-0.4, -0.2) is 19.6 Å². The van der Waals surface area contributed by atoms with Crippen LogP contribution in [0.1, 0.15) is 22.8 Å². The van der Waals surface area contributed by atoms with Crippen molar-refractivity contribution in [2.24, 2.45) is 0 Å². The van der Waals surface area contributed by atoms with Crippen molar-refractivity contribution in [1.29, 1.82) is 0 Å². The molecule has 0 unspecified atom stereocenters. The smallest absolute Gasteiger partial charge is 0.339 e. The first-order chi connectivity index (χ1) is 7.22. The summed E-state index contributed by atoms with van der Waals surface area (Å²) in [5, 5.41) is 3.10. The third-order valence-electron chi connectivity index (χ3n) is 1.96. The third kappa shape index (κ3) is 2.50. The molecular formula is C12H13NO2. The fraction of sp³-hybridized carbons (Fsp3) is 0.250. The van der Waals surface area contributed by atoms with Gasteiger partial charge in [-0.05, 0) is 25.1 Å². The third-order valence-corrected chi connectivity index (χ3v) is 1.96. The van der Waals surface area contributed by atoms with Gasteiger partial charge in [0.05, 0.1) is 12.7 Å². The lowest BCUT2D eigenvalue weighted by atomic mass is 10.1. The van der Waals surface area contributed by atoms with E-state index in [2.05, 4.69) is 16.0 Å². The van der Waals surface area contributed by atoms with Gasteiger partial charge in [-0.2, -0.15) is 0 Å². The van der Waals surface area contributed by atoms with Crippen molar-refractivity contribution in [1.82, 2.24) is 0 Å². The molecule has 0 fully saturated rings. The highest BCUT2D eigenvalue weighted by molar-refractivity contribution is 5.93. The van der Waals surface area contributed by atoms with E-state index in [1.165, 1.54) is 7.11 Å². The van der Waals surface area contributed by atoms with Crippen molar-refractivity contribution < 1.29 is 9.53 Å². The topological polar surface area (TPSA) is 38.3 Å². The molecule has 3 heteroatoms. The molecule has 0 aliphatic rings. The Morgan fingerprint density at radius 3 is 2.87 bits per heavy atom. The van der Waals surface area contributed by atoms with E-state index >= 15 is 0 Å². The normalized spacial score (nSPS) is 9.13. The Morgan fingerprint density at radius 2 is 2.33 bits per heavy atom. The predicted molar refractivity (Wildman–Crippen MR) is 59.9 cm³/mol. The second-order valence-electron chi connectivity index (χ2n) is 2.93. The molecule has 15 heavy (non-hydrogen) atoms. The number of terminal acetylenes is 1. The minimum absolute atomic E-state index is 0.414. The number of anilines is 1. The molecule has 78 valence electrons. The molecule has 1 aromatic carbocycles. The van der Waals surface area contributed by atoms with Crippen LogP contribution in [-0.2, 0) is 4.74 Å². The van der Waals surface area contributed by atoms with Crippen molar-refractivity contribution >= 4 is 11.7 Å². The number of methoxy groups -OCH3 is 1. The Kier molecular flexibility index (Phi) is 3.75. The molecule has 1 aromatic rings. The molecule has 1 N–H and O–H groups in total. The maximum Gasteiger partial charge on any atom is 0.339 e. The molecule has 0 aromatic heterocycles. The van der Waals surface area contributed by atoms with Crippen LogP contribution in [0.3, 0.4) is 0 Å². The largest absolute Gasteiger partial charge is 0.465 e. The summed E-state index contributed by atoms with van der Waals surface area (Å²) in [5.41, 5.74) is 1.82. The van der Waals surface area contributed by atoms with Gasteiger partial charge in [0.1, 0.15) is 0 Å². The van der Waals surface area contributed by atoms with Gasteiger partial charge < -0.3 is 10.1 Å². The van der Waals surface area contributed by atoms with Gasteiger partial charge in [0.2, 0.25) is 0 Å². The van der Waals surface area contributed by atoms with E-state index in [0.29, 0.717) is 11.1 Å². The van der Waals surface area contributed by atoms with Crippen LogP contribution in [0.25, 0.3) is 0 Å². The molecule has 0 aliphatic carbocycles. The van der Waals surface area contributed by atoms with Gasteiger partial charge in [0.25, 0.3) is 0 Å². The van der Waals surface area contributed by atoms with Crippen LogP contribution in [0, 0.1) is 12.3 Å². The minimum Gasteiger partial charge on any atom is -0.465 e. The van der Waals surface area contributed by atoms with Gasteiger partial charge in [0, 0.05) is 17.8 Å². The summed E-state index contributed by atoms with van der Waals surface area (Å²) in [7, 11) is 1.34. The van der Waals surface area contributed by atoms with Crippen LogP contribution in [0.2, 0.25) is 0 Å². The summed E-state index contributed by atoms with van der Waals surface area (Å²) < 4.78 is 4.65. The van der Waals surface area contributed by atoms with Crippen molar-refractivity contribution in [2.45, 2.75) is 6.92 Å². The van der Waals surface area contributed by atoms with Gasteiger partial charge in [-0.1, -0.05) is 5.92 Å². The second kappa shape index (κ2) is 5.06. The van der Waals surface area contributed by atoms with Gasteiger partial charge in [-0.3, -0.25) is 0 Å². The number of hydrogen-bond donors (Lipinski definition) is 1. The minimum atomic E-state index is -0.414. The second-order valence-corrected chi connectivity index (χ2v) is 2.93. The molecule has 0 spiro atoms. The number of hydrogen-bond acceptors (Lipinski definition) is 3. The van der Waals surface area contributed by atoms with Crippen molar-refractivity contribution in [3.05, 3.63) is 29.3 Å². The lowest BCUT2D eigenvalue weighted by molar-refractivity contribution is 0.0600. The van der Waals surface area contributed by atoms with Crippen molar-refractivity contribution in [3.63, 3.8) is 0 Å². The first kappa shape index (κ1) is 11.1. The summed E-state index contributed by atoms with van der Waals surface area (Å²) in [4.78, 5) is 11.4. The molecule has 0 saturated carbocycles. The van der Waals surface area contributed by atoms with Gasteiger partial charge in [0.15, 0.2) is 0 Å². The predicted octanol–water partition coefficient (Wildman–Crippen LogP) is 1.89. The zero-order valence-corrected chi connectivity index (χ0v) is 8.83. The zero-order valence-electron chi connectivity index (χ0n) is 8.83. The van der Waals surface area contributed by atoms with Crippen LogP contribution >= 0.6 is 0 Å². The van der Waals surface area contributed by atoms with Crippen LogP contribution < -0.4 is 5.32 Å². The lowest BCUT2D eigenvalue weighted by Crippen LogP contribution is -2.06. The van der Waals surface area contributed by atoms with Crippen molar-refractivity contribution in [3.8, 4) is 12.3 Å². The molecule has 0 heterocycles. The standard InChI is InChI=1S/C12H13NO2/c1-4-9-6-7-10(13-5-2)8-11(9)12(14)15-3/h1,6-8,13H,5H2,2-3H3. The number of ether oxygens (including phenoxy) is 1. The Labute approximate surface area is 89.4 Å². The van der Waals surface area contributed by atoms with Crippen LogP contribution in [0.4, 0.5) is 5.69 Å². The number of esters is 1. The molecule has 3 nitrogen and oxygen atoms in total. The molecule has 0 bridgehead atoms. The summed E-state index contributed by atoms with van der Waals surface area (Å²) in [6.07, 6.45) is 5.29. The Morgan fingerprint density at radius 1 is 1.60 bits per heavy atom. The summed E-state index contributed by atoms with van der Waals surface area (Å²) in [6, 6.07) is 5.26. The summed E-state index contributed by atoms with van der Waals surface area (Å²) >= 11 is 0. The van der Waals surface area contributed by atoms with Gasteiger partial charge in [-0.15, -0.1) is 6.42 Å². The highest BCUT2D eigenvalue weighted by Crippen LogP contribution is 2.16. The van der Waals surface area contributed by atoms with E-state index in [9.17, 15) is 4.79 Å². The molecular weight excluding hydrogens is 190 g/mol. The molecule has 0 saturated heterocycles. The monoisotopic (exact) mass is 203 g/mol. The maximum absolute atomic E-state index is 11.4. The fourth-order valence-corrected chi connectivity index (χ4v) is 1.26. The number of benzene rings is 1. The zero-order chi connectivity index (χ0) is 11.3. The number of carbonyl (C=O) groups excluding carboxylic acids is 1. The Bertz CT molecular complexity index is 405. The molecule has 1 rings (SSSR count). The Balaban J connectivity index is 3.14. The maximum atomic E-state index is 11.4. The molecule has 0 aliphatic heterocycles. The quantitative estimate of drug-likeness (QED) is 0.602. The highest BCUT2D eigenvalue weighted by Gasteiger charge is 2.10. The van der Waals surface area contributed by atoms with Crippen molar-refractivity contribution in [2.75, 3.05) is 19.0 Å². The number of nitrogens with one attached hydrogen (secondary N) is 1. The number of rotatable bonds is 3. The fourth-order valence-electron chi connectivity index (χ4n) is 1.26. The van der Waals surface area contributed by atoms with Gasteiger partial charge in [-0.25, -0.2) is 4.79 Å². The van der Waals surface area contributed by atoms with E-state index in [-0.39, 0.29) is 0 Å². The van der Waals surface area contributed by atoms with E-state index in [4.69, 9.17) is 6.42 Å². The first-order valence-electron chi connectivity index (χ1n) is 4.65. The van der Waals surface area contributed by atoms with E-state index in [1.54, 1.807) is 12.1 Å². The average molecular weight is 203 g/mol.